The monoisotopic (exact) mass is 337 g/mol. The predicted octanol–water partition coefficient (Wildman–Crippen LogP) is 3.86. The topological polar surface area (TPSA) is 84.3 Å². The van der Waals surface area contributed by atoms with Crippen molar-refractivity contribution in [2.75, 3.05) is 5.43 Å². The number of carbonyl (C=O) groups excluding carboxylic acids is 1. The van der Waals surface area contributed by atoms with Gasteiger partial charge in [0.15, 0.2) is 0 Å². The summed E-state index contributed by atoms with van der Waals surface area (Å²) in [5, 5.41) is 11.5. The van der Waals surface area contributed by atoms with E-state index in [1.54, 1.807) is 30.3 Å². The van der Waals surface area contributed by atoms with E-state index in [1.807, 2.05) is 0 Å². The van der Waals surface area contributed by atoms with Gasteiger partial charge in [0.2, 0.25) is 5.91 Å². The maximum absolute atomic E-state index is 11.1. The van der Waals surface area contributed by atoms with Crippen LogP contribution in [0.4, 0.5) is 11.4 Å². The Morgan fingerprint density at radius 3 is 2.64 bits per heavy atom. The summed E-state index contributed by atoms with van der Waals surface area (Å²) >= 11 is 7.12. The molecule has 0 atom stereocenters. The highest BCUT2D eigenvalue weighted by molar-refractivity contribution is 7.99. The molecular weight excluding hydrogens is 326 g/mol. The van der Waals surface area contributed by atoms with Crippen molar-refractivity contribution in [2.24, 2.45) is 0 Å². The fraction of sp³-hybridized carbons (Fsp3) is 0.0714. The number of rotatable bonds is 5. The van der Waals surface area contributed by atoms with Crippen molar-refractivity contribution in [1.82, 2.24) is 5.43 Å². The zero-order valence-corrected chi connectivity index (χ0v) is 13.1. The van der Waals surface area contributed by atoms with E-state index < -0.39 is 4.92 Å². The molecule has 0 fully saturated rings. The van der Waals surface area contributed by atoms with Crippen LogP contribution in [0.5, 0.6) is 0 Å². The van der Waals surface area contributed by atoms with E-state index >= 15 is 0 Å². The van der Waals surface area contributed by atoms with E-state index in [1.165, 1.54) is 30.8 Å². The molecule has 114 valence electrons. The molecule has 0 aliphatic heterocycles. The summed E-state index contributed by atoms with van der Waals surface area (Å²) in [7, 11) is 0. The number of benzene rings is 2. The Morgan fingerprint density at radius 1 is 1.23 bits per heavy atom. The van der Waals surface area contributed by atoms with Crippen LogP contribution in [0.15, 0.2) is 52.3 Å². The number of amides is 1. The van der Waals surface area contributed by atoms with Crippen LogP contribution in [-0.4, -0.2) is 10.8 Å². The van der Waals surface area contributed by atoms with Gasteiger partial charge < -0.3 is 0 Å². The van der Waals surface area contributed by atoms with E-state index in [0.29, 0.717) is 15.6 Å². The maximum Gasteiger partial charge on any atom is 0.283 e. The molecule has 0 bridgehead atoms. The van der Waals surface area contributed by atoms with Crippen molar-refractivity contribution in [3.05, 3.63) is 57.6 Å². The number of anilines is 1. The quantitative estimate of drug-likeness (QED) is 0.639. The molecule has 22 heavy (non-hydrogen) atoms. The van der Waals surface area contributed by atoms with Crippen molar-refractivity contribution < 1.29 is 9.72 Å². The second-order valence-corrected chi connectivity index (χ2v) is 5.79. The standard InChI is InChI=1S/C14H12ClN3O3S/c1-9(19)16-17-11-4-2-3-5-13(11)22-14-8-10(15)6-7-12(14)18(20)21/h2-8,17H,1H3,(H,16,19). The first kappa shape index (κ1) is 16.1. The Balaban J connectivity index is 2.33. The molecule has 1 amide bonds. The van der Waals surface area contributed by atoms with E-state index in [-0.39, 0.29) is 11.6 Å². The molecule has 0 aromatic heterocycles. The Labute approximate surface area is 136 Å². The summed E-state index contributed by atoms with van der Waals surface area (Å²) < 4.78 is 0. The molecule has 2 aromatic rings. The Bertz CT molecular complexity index is 724. The van der Waals surface area contributed by atoms with Gasteiger partial charge in [-0.05, 0) is 24.3 Å². The van der Waals surface area contributed by atoms with Crippen molar-refractivity contribution in [2.45, 2.75) is 16.7 Å². The van der Waals surface area contributed by atoms with Crippen LogP contribution in [-0.2, 0) is 4.79 Å². The third-order valence-electron chi connectivity index (χ3n) is 2.60. The van der Waals surface area contributed by atoms with Gasteiger partial charge in [-0.15, -0.1) is 0 Å². The second kappa shape index (κ2) is 7.15. The first-order valence-electron chi connectivity index (χ1n) is 6.21. The summed E-state index contributed by atoms with van der Waals surface area (Å²) in [4.78, 5) is 22.8. The van der Waals surface area contributed by atoms with Crippen LogP contribution in [0.25, 0.3) is 0 Å². The van der Waals surface area contributed by atoms with Gasteiger partial charge in [0.05, 0.1) is 15.5 Å². The lowest BCUT2D eigenvalue weighted by Gasteiger charge is -2.11. The minimum atomic E-state index is -0.456. The molecule has 0 saturated heterocycles. The average molecular weight is 338 g/mol. The lowest BCUT2D eigenvalue weighted by atomic mass is 10.3. The van der Waals surface area contributed by atoms with E-state index in [2.05, 4.69) is 10.9 Å². The molecule has 0 radical (unpaired) electrons. The van der Waals surface area contributed by atoms with E-state index in [9.17, 15) is 14.9 Å². The van der Waals surface area contributed by atoms with Gasteiger partial charge in [0.25, 0.3) is 5.69 Å². The van der Waals surface area contributed by atoms with Crippen molar-refractivity contribution in [3.63, 3.8) is 0 Å². The zero-order chi connectivity index (χ0) is 16.1. The van der Waals surface area contributed by atoms with Crippen LogP contribution in [0.1, 0.15) is 6.92 Å². The fourth-order valence-electron chi connectivity index (χ4n) is 1.65. The lowest BCUT2D eigenvalue weighted by Crippen LogP contribution is -2.26. The summed E-state index contributed by atoms with van der Waals surface area (Å²) in [5.41, 5.74) is 5.86. The molecule has 2 aromatic carbocycles. The van der Waals surface area contributed by atoms with Gasteiger partial charge in [-0.2, -0.15) is 0 Å². The molecule has 0 aliphatic carbocycles. The first-order chi connectivity index (χ1) is 10.5. The van der Waals surface area contributed by atoms with Gasteiger partial charge in [-0.25, -0.2) is 0 Å². The largest absolute Gasteiger partial charge is 0.297 e. The van der Waals surface area contributed by atoms with Crippen molar-refractivity contribution >= 4 is 40.6 Å². The van der Waals surface area contributed by atoms with E-state index in [4.69, 9.17) is 11.6 Å². The number of halogens is 1. The molecular formula is C14H12ClN3O3S. The number of hydrogen-bond donors (Lipinski definition) is 2. The zero-order valence-electron chi connectivity index (χ0n) is 11.5. The molecule has 0 unspecified atom stereocenters. The molecule has 6 nitrogen and oxygen atoms in total. The molecule has 2 rings (SSSR count). The minimum Gasteiger partial charge on any atom is -0.297 e. The van der Waals surface area contributed by atoms with Crippen LogP contribution in [0.3, 0.4) is 0 Å². The third-order valence-corrected chi connectivity index (χ3v) is 3.96. The van der Waals surface area contributed by atoms with E-state index in [0.717, 1.165) is 4.90 Å². The molecule has 0 saturated carbocycles. The van der Waals surface area contributed by atoms with Crippen LogP contribution >= 0.6 is 23.4 Å². The predicted molar refractivity (Wildman–Crippen MR) is 86.1 cm³/mol. The highest BCUT2D eigenvalue weighted by Crippen LogP contribution is 2.39. The summed E-state index contributed by atoms with van der Waals surface area (Å²) in [5.74, 6) is -0.242. The SMILES string of the molecule is CC(=O)NNc1ccccc1Sc1cc(Cl)ccc1[N+](=O)[O-]. The van der Waals surface area contributed by atoms with Crippen molar-refractivity contribution in [1.29, 1.82) is 0 Å². The van der Waals surface area contributed by atoms with Gasteiger partial charge in [-0.1, -0.05) is 35.5 Å². The number of nitro groups is 1. The molecule has 2 N–H and O–H groups in total. The lowest BCUT2D eigenvalue weighted by molar-refractivity contribution is -0.387. The molecule has 8 heteroatoms. The smallest absolute Gasteiger partial charge is 0.283 e. The molecule has 0 heterocycles. The number of para-hydroxylation sites is 1. The first-order valence-corrected chi connectivity index (χ1v) is 7.40. The highest BCUT2D eigenvalue weighted by atomic mass is 35.5. The summed E-state index contributed by atoms with van der Waals surface area (Å²) in [6.45, 7) is 1.38. The number of hydrogen-bond acceptors (Lipinski definition) is 5. The van der Waals surface area contributed by atoms with Crippen LogP contribution in [0, 0.1) is 10.1 Å². The van der Waals surface area contributed by atoms with Gasteiger partial charge in [0.1, 0.15) is 0 Å². The van der Waals surface area contributed by atoms with Crippen LogP contribution in [0.2, 0.25) is 5.02 Å². The van der Waals surface area contributed by atoms with Gasteiger partial charge in [0, 0.05) is 22.9 Å². The highest BCUT2D eigenvalue weighted by Gasteiger charge is 2.16. The number of carbonyl (C=O) groups is 1. The molecule has 0 aliphatic rings. The minimum absolute atomic E-state index is 0.0243. The number of nitrogens with one attached hydrogen (secondary N) is 2. The Kier molecular flexibility index (Phi) is 5.24. The summed E-state index contributed by atoms with van der Waals surface area (Å²) in [6, 6.07) is 11.5. The number of nitro benzene ring substituents is 1. The maximum atomic E-state index is 11.1. The number of nitrogens with zero attached hydrogens (tertiary/aromatic N) is 1. The number of hydrazine groups is 1. The Morgan fingerprint density at radius 2 is 1.95 bits per heavy atom. The van der Waals surface area contributed by atoms with Crippen molar-refractivity contribution in [3.8, 4) is 0 Å². The van der Waals surface area contributed by atoms with Gasteiger partial charge in [-0.3, -0.25) is 25.8 Å². The Hall–Kier alpha value is -2.25. The van der Waals surface area contributed by atoms with Crippen LogP contribution < -0.4 is 10.9 Å². The normalized spacial score (nSPS) is 10.1. The second-order valence-electron chi connectivity index (χ2n) is 4.27. The third kappa shape index (κ3) is 4.12. The van der Waals surface area contributed by atoms with Gasteiger partial charge >= 0.3 is 0 Å². The average Bonchev–Trinajstić information content (AvgIpc) is 2.46. The molecule has 0 spiro atoms. The fourth-order valence-corrected chi connectivity index (χ4v) is 2.94. The summed E-state index contributed by atoms with van der Waals surface area (Å²) in [6.07, 6.45) is 0.